The van der Waals surface area contributed by atoms with Gasteiger partial charge in [-0.15, -0.1) is 11.3 Å². The van der Waals surface area contributed by atoms with Gasteiger partial charge in [0.05, 0.1) is 31.1 Å². The number of hydrogen-bond acceptors (Lipinski definition) is 7. The van der Waals surface area contributed by atoms with Crippen LogP contribution in [0, 0.1) is 5.82 Å². The van der Waals surface area contributed by atoms with Crippen LogP contribution in [0.5, 0.6) is 5.75 Å². The maximum Gasteiger partial charge on any atom is 0.312 e. The highest BCUT2D eigenvalue weighted by Gasteiger charge is 2.26. The van der Waals surface area contributed by atoms with Crippen molar-refractivity contribution in [3.05, 3.63) is 64.7 Å². The van der Waals surface area contributed by atoms with Crippen LogP contribution < -0.4 is 15.4 Å². The number of carbonyl (C=O) groups excluding carboxylic acids is 2. The van der Waals surface area contributed by atoms with Crippen LogP contribution in [0.1, 0.15) is 16.8 Å². The Balaban J connectivity index is 1.38. The molecule has 1 aliphatic heterocycles. The molecule has 2 amide bonds. The number of nitrogens with zero attached hydrogens (tertiary/aromatic N) is 3. The van der Waals surface area contributed by atoms with Gasteiger partial charge in [0.25, 0.3) is 0 Å². The molecule has 0 spiro atoms. The number of ether oxygens (including phenoxy) is 1. The molecule has 0 saturated heterocycles. The molecule has 0 atom stereocenters. The molecule has 160 valence electrons. The van der Waals surface area contributed by atoms with E-state index in [9.17, 15) is 14.0 Å². The number of methoxy groups -OCH3 is 1. The quantitative estimate of drug-likeness (QED) is 0.591. The standard InChI is InChI=1S/C21H20FN5O3S/c1-30-15-4-2-14(16(22)8-15)9-24-20(28)21(29)27-7-6-13-3-5-18(25-17(13)11-27)26-19-10-23-12-31-19/h2-5,8,10,12H,6-7,9,11H2,1H3,(H,24,28)(H,25,26). The number of hydrogen-bond donors (Lipinski definition) is 2. The van der Waals surface area contributed by atoms with E-state index in [1.807, 2.05) is 12.1 Å². The first-order chi connectivity index (χ1) is 15.0. The fraction of sp³-hybridized carbons (Fsp3) is 0.238. The van der Waals surface area contributed by atoms with Gasteiger partial charge in [-0.25, -0.2) is 9.37 Å². The molecule has 0 radical (unpaired) electrons. The fourth-order valence-corrected chi connectivity index (χ4v) is 3.77. The van der Waals surface area contributed by atoms with Gasteiger partial charge < -0.3 is 20.3 Å². The second kappa shape index (κ2) is 9.09. The van der Waals surface area contributed by atoms with Gasteiger partial charge in [0.2, 0.25) is 0 Å². The molecule has 3 aromatic rings. The second-order valence-electron chi connectivity index (χ2n) is 6.91. The lowest BCUT2D eigenvalue weighted by Gasteiger charge is -2.28. The molecule has 2 aromatic heterocycles. The summed E-state index contributed by atoms with van der Waals surface area (Å²) in [6, 6.07) is 8.19. The number of anilines is 2. The molecule has 8 nitrogen and oxygen atoms in total. The molecule has 1 aromatic carbocycles. The van der Waals surface area contributed by atoms with Crippen LogP contribution in [-0.2, 0) is 29.1 Å². The molecule has 3 heterocycles. The van der Waals surface area contributed by atoms with Gasteiger partial charge in [-0.05, 0) is 24.1 Å². The molecule has 4 rings (SSSR count). The van der Waals surface area contributed by atoms with E-state index >= 15 is 0 Å². The average Bonchev–Trinajstić information content (AvgIpc) is 3.30. The molecule has 1 aliphatic rings. The van der Waals surface area contributed by atoms with Crippen LogP contribution in [-0.4, -0.2) is 40.3 Å². The van der Waals surface area contributed by atoms with Crippen molar-refractivity contribution in [3.8, 4) is 5.75 Å². The number of fused-ring (bicyclic) bond motifs is 1. The van der Waals surface area contributed by atoms with Gasteiger partial charge in [0.1, 0.15) is 22.4 Å². The van der Waals surface area contributed by atoms with Gasteiger partial charge in [0, 0.05) is 24.7 Å². The molecule has 10 heteroatoms. The summed E-state index contributed by atoms with van der Waals surface area (Å²) >= 11 is 1.46. The van der Waals surface area contributed by atoms with E-state index in [0.717, 1.165) is 16.3 Å². The zero-order valence-corrected chi connectivity index (χ0v) is 17.5. The van der Waals surface area contributed by atoms with Crippen LogP contribution in [0.3, 0.4) is 0 Å². The van der Waals surface area contributed by atoms with Gasteiger partial charge in [-0.1, -0.05) is 12.1 Å². The second-order valence-corrected chi connectivity index (χ2v) is 7.80. The zero-order chi connectivity index (χ0) is 21.8. The molecule has 0 unspecified atom stereocenters. The van der Waals surface area contributed by atoms with E-state index in [-0.39, 0.29) is 18.7 Å². The summed E-state index contributed by atoms with van der Waals surface area (Å²) in [6.07, 6.45) is 2.31. The highest BCUT2D eigenvalue weighted by molar-refractivity contribution is 7.13. The molecule has 0 fully saturated rings. The Labute approximate surface area is 182 Å². The predicted molar refractivity (Wildman–Crippen MR) is 114 cm³/mol. The first-order valence-electron chi connectivity index (χ1n) is 9.57. The number of aromatic nitrogens is 2. The minimum atomic E-state index is -0.780. The predicted octanol–water partition coefficient (Wildman–Crippen LogP) is 2.63. The van der Waals surface area contributed by atoms with Crippen molar-refractivity contribution in [2.24, 2.45) is 0 Å². The van der Waals surface area contributed by atoms with Crippen LogP contribution in [0.4, 0.5) is 15.2 Å². The number of amides is 2. The van der Waals surface area contributed by atoms with E-state index < -0.39 is 17.6 Å². The SMILES string of the molecule is COc1ccc(CNC(=O)C(=O)N2CCc3ccc(Nc4cncs4)nc3C2)c(F)c1. The Morgan fingerprint density at radius 3 is 2.90 bits per heavy atom. The van der Waals surface area contributed by atoms with Crippen molar-refractivity contribution < 1.29 is 18.7 Å². The van der Waals surface area contributed by atoms with Crippen LogP contribution in [0.2, 0.25) is 0 Å². The Morgan fingerprint density at radius 2 is 2.16 bits per heavy atom. The molecule has 0 saturated carbocycles. The number of thiazole rings is 1. The van der Waals surface area contributed by atoms with E-state index in [1.165, 1.54) is 35.5 Å². The molecular formula is C21H20FN5O3S. The highest BCUT2D eigenvalue weighted by Crippen LogP contribution is 2.23. The molecule has 2 N–H and O–H groups in total. The summed E-state index contributed by atoms with van der Waals surface area (Å²) in [4.78, 5) is 35.0. The summed E-state index contributed by atoms with van der Waals surface area (Å²) in [5, 5.41) is 6.52. The third kappa shape index (κ3) is 4.80. The first kappa shape index (κ1) is 20.7. The van der Waals surface area contributed by atoms with Crippen molar-refractivity contribution in [3.63, 3.8) is 0 Å². The minimum absolute atomic E-state index is 0.0913. The first-order valence-corrected chi connectivity index (χ1v) is 10.5. The van der Waals surface area contributed by atoms with Crippen LogP contribution in [0.25, 0.3) is 0 Å². The van der Waals surface area contributed by atoms with Crippen LogP contribution in [0.15, 0.2) is 42.0 Å². The number of benzene rings is 1. The lowest BCUT2D eigenvalue weighted by Crippen LogP contribution is -2.45. The highest BCUT2D eigenvalue weighted by atomic mass is 32.1. The summed E-state index contributed by atoms with van der Waals surface area (Å²) in [5.74, 6) is -0.923. The Bertz CT molecular complexity index is 1110. The summed E-state index contributed by atoms with van der Waals surface area (Å²) in [6.45, 7) is 0.558. The normalized spacial score (nSPS) is 12.8. The van der Waals surface area contributed by atoms with Gasteiger partial charge in [-0.2, -0.15) is 0 Å². The van der Waals surface area contributed by atoms with Crippen molar-refractivity contribution in [2.45, 2.75) is 19.5 Å². The largest absolute Gasteiger partial charge is 0.497 e. The summed E-state index contributed by atoms with van der Waals surface area (Å²) in [5.41, 5.74) is 3.77. The van der Waals surface area contributed by atoms with Crippen LogP contribution >= 0.6 is 11.3 Å². The maximum atomic E-state index is 14.0. The number of halogens is 1. The van der Waals surface area contributed by atoms with Crippen molar-refractivity contribution in [2.75, 3.05) is 19.0 Å². The molecule has 0 bridgehead atoms. The monoisotopic (exact) mass is 441 g/mol. The molecule has 31 heavy (non-hydrogen) atoms. The number of rotatable bonds is 5. The summed E-state index contributed by atoms with van der Waals surface area (Å²) < 4.78 is 19.0. The Morgan fingerprint density at radius 1 is 1.29 bits per heavy atom. The van der Waals surface area contributed by atoms with E-state index in [1.54, 1.807) is 17.8 Å². The van der Waals surface area contributed by atoms with E-state index in [4.69, 9.17) is 4.74 Å². The lowest BCUT2D eigenvalue weighted by molar-refractivity contribution is -0.146. The van der Waals surface area contributed by atoms with Crippen molar-refractivity contribution in [1.82, 2.24) is 20.2 Å². The fourth-order valence-electron chi connectivity index (χ4n) is 3.25. The lowest BCUT2D eigenvalue weighted by atomic mass is 10.0. The molecular weight excluding hydrogens is 421 g/mol. The Kier molecular flexibility index (Phi) is 6.08. The minimum Gasteiger partial charge on any atom is -0.497 e. The average molecular weight is 441 g/mol. The third-order valence-electron chi connectivity index (χ3n) is 4.92. The summed E-state index contributed by atoms with van der Waals surface area (Å²) in [7, 11) is 1.44. The topological polar surface area (TPSA) is 96.5 Å². The number of pyridine rings is 1. The number of nitrogens with one attached hydrogen (secondary N) is 2. The van der Waals surface area contributed by atoms with E-state index in [0.29, 0.717) is 24.5 Å². The zero-order valence-electron chi connectivity index (χ0n) is 16.7. The maximum absolute atomic E-state index is 14.0. The Hall–Kier alpha value is -3.53. The smallest absolute Gasteiger partial charge is 0.312 e. The molecule has 0 aliphatic carbocycles. The van der Waals surface area contributed by atoms with Crippen molar-refractivity contribution in [1.29, 1.82) is 0 Å². The van der Waals surface area contributed by atoms with E-state index in [2.05, 4.69) is 20.6 Å². The van der Waals surface area contributed by atoms with Gasteiger partial charge in [-0.3, -0.25) is 14.6 Å². The third-order valence-corrected chi connectivity index (χ3v) is 5.61. The number of carbonyl (C=O) groups is 2. The van der Waals surface area contributed by atoms with Crippen molar-refractivity contribution >= 4 is 34.0 Å². The van der Waals surface area contributed by atoms with Gasteiger partial charge in [0.15, 0.2) is 0 Å². The van der Waals surface area contributed by atoms with Gasteiger partial charge >= 0.3 is 11.8 Å².